The zero-order valence-corrected chi connectivity index (χ0v) is 16.1. The Hall–Kier alpha value is -3.30. The van der Waals surface area contributed by atoms with Gasteiger partial charge in [-0.15, -0.1) is 11.3 Å². The van der Waals surface area contributed by atoms with Crippen LogP contribution in [0.15, 0.2) is 54.0 Å². The molecule has 0 aliphatic carbocycles. The van der Waals surface area contributed by atoms with Crippen molar-refractivity contribution in [2.75, 3.05) is 19.5 Å². The predicted octanol–water partition coefficient (Wildman–Crippen LogP) is 5.11. The van der Waals surface area contributed by atoms with E-state index >= 15 is 0 Å². The highest BCUT2D eigenvalue weighted by Gasteiger charge is 2.11. The number of methoxy groups -OCH3 is 2. The summed E-state index contributed by atoms with van der Waals surface area (Å²) in [5.41, 5.74) is 4.25. The van der Waals surface area contributed by atoms with E-state index in [9.17, 15) is 5.26 Å². The van der Waals surface area contributed by atoms with Crippen LogP contribution in [-0.4, -0.2) is 19.2 Å². The average Bonchev–Trinajstić information content (AvgIpc) is 3.18. The van der Waals surface area contributed by atoms with Gasteiger partial charge in [0.05, 0.1) is 19.9 Å². The van der Waals surface area contributed by atoms with Crippen LogP contribution in [-0.2, 0) is 0 Å². The van der Waals surface area contributed by atoms with Gasteiger partial charge in [-0.25, -0.2) is 4.98 Å². The van der Waals surface area contributed by atoms with Crippen LogP contribution in [0.3, 0.4) is 0 Å². The fraction of sp³-hybridized carbons (Fsp3) is 0.143. The summed E-state index contributed by atoms with van der Waals surface area (Å²) in [6.45, 7) is 2.02. The number of ether oxygens (including phenoxy) is 2. The summed E-state index contributed by atoms with van der Waals surface area (Å²) >= 11 is 1.42. The van der Waals surface area contributed by atoms with Gasteiger partial charge in [0.25, 0.3) is 0 Å². The molecule has 5 nitrogen and oxygen atoms in total. The van der Waals surface area contributed by atoms with Crippen LogP contribution in [0.4, 0.5) is 5.69 Å². The third kappa shape index (κ3) is 4.27. The van der Waals surface area contributed by atoms with Crippen molar-refractivity contribution in [1.29, 1.82) is 5.26 Å². The van der Waals surface area contributed by atoms with Crippen molar-refractivity contribution >= 4 is 22.6 Å². The molecule has 0 bridgehead atoms. The van der Waals surface area contributed by atoms with Gasteiger partial charge in [-0.1, -0.05) is 12.1 Å². The van der Waals surface area contributed by atoms with E-state index in [1.165, 1.54) is 11.3 Å². The summed E-state index contributed by atoms with van der Waals surface area (Å²) in [6, 6.07) is 15.8. The molecule has 0 spiro atoms. The van der Waals surface area contributed by atoms with E-state index in [1.54, 1.807) is 20.4 Å². The van der Waals surface area contributed by atoms with Crippen LogP contribution < -0.4 is 14.8 Å². The Kier molecular flexibility index (Phi) is 5.74. The van der Waals surface area contributed by atoms with E-state index < -0.39 is 0 Å². The molecule has 2 aromatic carbocycles. The predicted molar refractivity (Wildman–Crippen MR) is 109 cm³/mol. The zero-order chi connectivity index (χ0) is 19.2. The normalized spacial score (nSPS) is 11.0. The number of nitrogens with zero attached hydrogens (tertiary/aromatic N) is 2. The van der Waals surface area contributed by atoms with E-state index in [-0.39, 0.29) is 0 Å². The van der Waals surface area contributed by atoms with Gasteiger partial charge < -0.3 is 14.8 Å². The van der Waals surface area contributed by atoms with E-state index in [2.05, 4.69) is 16.4 Å². The molecule has 0 aliphatic heterocycles. The number of benzene rings is 2. The molecule has 0 unspecified atom stereocenters. The van der Waals surface area contributed by atoms with E-state index in [4.69, 9.17) is 9.47 Å². The number of thiazole rings is 1. The fourth-order valence-corrected chi connectivity index (χ4v) is 3.35. The minimum absolute atomic E-state index is 0.480. The number of nitrogens with one attached hydrogen (secondary N) is 1. The molecular weight excluding hydrogens is 358 g/mol. The summed E-state index contributed by atoms with van der Waals surface area (Å²) < 4.78 is 10.6. The molecule has 136 valence electrons. The van der Waals surface area contributed by atoms with Crippen LogP contribution in [0.1, 0.15) is 10.6 Å². The van der Waals surface area contributed by atoms with Crippen molar-refractivity contribution in [2.24, 2.45) is 0 Å². The average molecular weight is 377 g/mol. The highest BCUT2D eigenvalue weighted by atomic mass is 32.1. The smallest absolute Gasteiger partial charge is 0.161 e. The summed E-state index contributed by atoms with van der Waals surface area (Å²) in [6.07, 6.45) is 1.69. The van der Waals surface area contributed by atoms with E-state index in [0.29, 0.717) is 22.1 Å². The summed E-state index contributed by atoms with van der Waals surface area (Å²) in [7, 11) is 3.20. The highest BCUT2D eigenvalue weighted by Crippen LogP contribution is 2.33. The van der Waals surface area contributed by atoms with Gasteiger partial charge in [0.2, 0.25) is 0 Å². The minimum Gasteiger partial charge on any atom is -0.493 e. The quantitative estimate of drug-likeness (QED) is 0.605. The molecule has 1 heterocycles. The fourth-order valence-electron chi connectivity index (χ4n) is 2.56. The van der Waals surface area contributed by atoms with Gasteiger partial charge in [0.1, 0.15) is 16.6 Å². The molecular formula is C21H19N3O2S. The summed E-state index contributed by atoms with van der Waals surface area (Å²) in [5.74, 6) is 1.30. The van der Waals surface area contributed by atoms with Crippen molar-refractivity contribution in [2.45, 2.75) is 6.92 Å². The number of hydrogen-bond donors (Lipinski definition) is 1. The van der Waals surface area contributed by atoms with Crippen molar-refractivity contribution in [1.82, 2.24) is 4.98 Å². The van der Waals surface area contributed by atoms with Gasteiger partial charge >= 0.3 is 0 Å². The highest BCUT2D eigenvalue weighted by molar-refractivity contribution is 7.11. The minimum atomic E-state index is 0.480. The maximum Gasteiger partial charge on any atom is 0.161 e. The lowest BCUT2D eigenvalue weighted by Gasteiger charge is -2.08. The maximum absolute atomic E-state index is 9.51. The molecule has 0 aliphatic rings. The monoisotopic (exact) mass is 377 g/mol. The Morgan fingerprint density at radius 3 is 2.67 bits per heavy atom. The number of aromatic nitrogens is 1. The van der Waals surface area contributed by atoms with Gasteiger partial charge in [0, 0.05) is 22.8 Å². The van der Waals surface area contributed by atoms with Gasteiger partial charge in [-0.3, -0.25) is 0 Å². The second-order valence-electron chi connectivity index (χ2n) is 5.79. The van der Waals surface area contributed by atoms with E-state index in [1.807, 2.05) is 54.8 Å². The van der Waals surface area contributed by atoms with Gasteiger partial charge in [0.15, 0.2) is 11.5 Å². The number of anilines is 1. The number of allylic oxidation sites excluding steroid dienone is 1. The zero-order valence-electron chi connectivity index (χ0n) is 15.3. The first kappa shape index (κ1) is 18.5. The maximum atomic E-state index is 9.51. The lowest BCUT2D eigenvalue weighted by molar-refractivity contribution is 0.355. The first-order valence-corrected chi connectivity index (χ1v) is 9.14. The molecule has 0 radical (unpaired) electrons. The largest absolute Gasteiger partial charge is 0.493 e. The molecule has 1 aromatic heterocycles. The first-order valence-electron chi connectivity index (χ1n) is 8.26. The molecule has 3 rings (SSSR count). The molecule has 27 heavy (non-hydrogen) atoms. The SMILES string of the molecule is COc1ccc(-c2csc(C(C#N)=CNc3cccc(C)c3)n2)cc1OC. The number of hydrogen-bond acceptors (Lipinski definition) is 6. The van der Waals surface area contributed by atoms with Crippen LogP contribution >= 0.6 is 11.3 Å². The second kappa shape index (κ2) is 8.39. The lowest BCUT2D eigenvalue weighted by Crippen LogP contribution is -1.92. The Bertz CT molecular complexity index is 1020. The molecule has 6 heteroatoms. The summed E-state index contributed by atoms with van der Waals surface area (Å²) in [5, 5.41) is 15.3. The Morgan fingerprint density at radius 2 is 1.96 bits per heavy atom. The van der Waals surface area contributed by atoms with Crippen molar-refractivity contribution < 1.29 is 9.47 Å². The Labute approximate surface area is 162 Å². The van der Waals surface area contributed by atoms with Gasteiger partial charge in [-0.05, 0) is 42.8 Å². The summed E-state index contributed by atoms with van der Waals surface area (Å²) in [4.78, 5) is 4.60. The number of nitriles is 1. The van der Waals surface area contributed by atoms with Crippen LogP contribution in [0, 0.1) is 18.3 Å². The molecule has 1 N–H and O–H groups in total. The van der Waals surface area contributed by atoms with Crippen LogP contribution in [0.5, 0.6) is 11.5 Å². The third-order valence-corrected chi connectivity index (χ3v) is 4.81. The molecule has 0 fully saturated rings. The van der Waals surface area contributed by atoms with Crippen LogP contribution in [0.25, 0.3) is 16.8 Å². The number of aryl methyl sites for hydroxylation is 1. The Balaban J connectivity index is 1.85. The number of rotatable bonds is 6. The molecule has 0 amide bonds. The standard InChI is InChI=1S/C21H19N3O2S/c1-14-5-4-6-17(9-14)23-12-16(11-22)21-24-18(13-27-21)15-7-8-19(25-2)20(10-15)26-3/h4-10,12-13,23H,1-3H3. The van der Waals surface area contributed by atoms with Crippen molar-refractivity contribution in [3.63, 3.8) is 0 Å². The van der Waals surface area contributed by atoms with Crippen LogP contribution in [0.2, 0.25) is 0 Å². The molecule has 0 atom stereocenters. The van der Waals surface area contributed by atoms with Crippen molar-refractivity contribution in [3.8, 4) is 28.8 Å². The topological polar surface area (TPSA) is 67.2 Å². The Morgan fingerprint density at radius 1 is 1.15 bits per heavy atom. The second-order valence-corrected chi connectivity index (χ2v) is 6.65. The van der Waals surface area contributed by atoms with Gasteiger partial charge in [-0.2, -0.15) is 5.26 Å². The molecule has 0 saturated carbocycles. The van der Waals surface area contributed by atoms with Crippen molar-refractivity contribution in [3.05, 3.63) is 64.6 Å². The first-order chi connectivity index (χ1) is 13.1. The molecule has 3 aromatic rings. The lowest BCUT2D eigenvalue weighted by atomic mass is 10.1. The third-order valence-electron chi connectivity index (χ3n) is 3.94. The molecule has 0 saturated heterocycles. The van der Waals surface area contributed by atoms with E-state index in [0.717, 1.165) is 22.5 Å².